The number of aromatic nitrogens is 3. The van der Waals surface area contributed by atoms with Crippen molar-refractivity contribution in [1.29, 1.82) is 0 Å². The molecule has 6 heteroatoms. The van der Waals surface area contributed by atoms with E-state index in [-0.39, 0.29) is 11.9 Å². The van der Waals surface area contributed by atoms with E-state index in [1.54, 1.807) is 0 Å². The van der Waals surface area contributed by atoms with Gasteiger partial charge in [-0.1, -0.05) is 51.1 Å². The van der Waals surface area contributed by atoms with Gasteiger partial charge in [0.15, 0.2) is 0 Å². The van der Waals surface area contributed by atoms with E-state index in [4.69, 9.17) is 0 Å². The van der Waals surface area contributed by atoms with Crippen LogP contribution < -0.4 is 5.32 Å². The van der Waals surface area contributed by atoms with Crippen molar-refractivity contribution in [3.63, 3.8) is 0 Å². The minimum absolute atomic E-state index is 0.0792. The van der Waals surface area contributed by atoms with Crippen LogP contribution in [0.3, 0.4) is 0 Å². The molecule has 1 unspecified atom stereocenters. The second-order valence-electron chi connectivity index (χ2n) is 7.10. The van der Waals surface area contributed by atoms with Crippen LogP contribution in [0.25, 0.3) is 11.3 Å². The maximum atomic E-state index is 12.8. The standard InChI is InChI=1S/C21H26N4OS/c1-5-16(20-22-12-17(24-20)15-9-7-6-8-10-15)25-21(26)19-14(4)23-18(27-19)11-13(2)3/h6-10,12-13,16H,5,11H2,1-4H3,(H,22,24)(H,25,26). The average molecular weight is 383 g/mol. The van der Waals surface area contributed by atoms with Gasteiger partial charge in [0.2, 0.25) is 0 Å². The number of aryl methyl sites for hydroxylation is 1. The topological polar surface area (TPSA) is 70.7 Å². The van der Waals surface area contributed by atoms with Gasteiger partial charge in [-0.05, 0) is 24.8 Å². The third kappa shape index (κ3) is 4.63. The van der Waals surface area contributed by atoms with Crippen LogP contribution >= 0.6 is 11.3 Å². The Labute approximate surface area is 164 Å². The lowest BCUT2D eigenvalue weighted by molar-refractivity contribution is 0.0937. The summed E-state index contributed by atoms with van der Waals surface area (Å²) in [6, 6.07) is 9.89. The van der Waals surface area contributed by atoms with Crippen LogP contribution in [0.2, 0.25) is 0 Å². The van der Waals surface area contributed by atoms with E-state index in [1.807, 2.05) is 50.4 Å². The van der Waals surface area contributed by atoms with E-state index < -0.39 is 0 Å². The summed E-state index contributed by atoms with van der Waals surface area (Å²) in [4.78, 5) is 25.9. The molecule has 0 aliphatic rings. The molecule has 27 heavy (non-hydrogen) atoms. The number of benzene rings is 1. The maximum Gasteiger partial charge on any atom is 0.263 e. The fourth-order valence-electron chi connectivity index (χ4n) is 2.97. The molecule has 3 rings (SSSR count). The number of carbonyl (C=O) groups is 1. The van der Waals surface area contributed by atoms with Crippen molar-refractivity contribution in [3.05, 3.63) is 57.9 Å². The van der Waals surface area contributed by atoms with Crippen LogP contribution in [0.1, 0.15) is 59.4 Å². The van der Waals surface area contributed by atoms with Gasteiger partial charge in [0, 0.05) is 6.42 Å². The molecule has 0 bridgehead atoms. The predicted molar refractivity (Wildman–Crippen MR) is 110 cm³/mol. The molecule has 0 spiro atoms. The first-order valence-corrected chi connectivity index (χ1v) is 10.2. The lowest BCUT2D eigenvalue weighted by atomic mass is 10.1. The van der Waals surface area contributed by atoms with Gasteiger partial charge in [-0.3, -0.25) is 4.79 Å². The third-order valence-electron chi connectivity index (χ3n) is 4.35. The Balaban J connectivity index is 1.75. The van der Waals surface area contributed by atoms with Crippen molar-refractivity contribution in [3.8, 4) is 11.3 Å². The molecule has 1 atom stereocenters. The summed E-state index contributed by atoms with van der Waals surface area (Å²) >= 11 is 1.49. The van der Waals surface area contributed by atoms with Crippen LogP contribution in [0.15, 0.2) is 36.5 Å². The Morgan fingerprint density at radius 1 is 1.26 bits per heavy atom. The predicted octanol–water partition coefficient (Wildman–Crippen LogP) is 4.92. The van der Waals surface area contributed by atoms with Crippen molar-refractivity contribution >= 4 is 17.2 Å². The Kier molecular flexibility index (Phi) is 6.06. The molecule has 0 fully saturated rings. The second-order valence-corrected chi connectivity index (χ2v) is 8.19. The van der Waals surface area contributed by atoms with Crippen molar-refractivity contribution in [2.24, 2.45) is 5.92 Å². The molecule has 2 aromatic heterocycles. The first kappa shape index (κ1) is 19.3. The SMILES string of the molecule is CCC(NC(=O)c1sc(CC(C)C)nc1C)c1ncc(-c2ccccc2)[nH]1. The number of rotatable bonds is 7. The Morgan fingerprint density at radius 2 is 2.00 bits per heavy atom. The van der Waals surface area contributed by atoms with Gasteiger partial charge in [0.25, 0.3) is 5.91 Å². The molecule has 1 amide bonds. The van der Waals surface area contributed by atoms with Gasteiger partial charge in [-0.25, -0.2) is 9.97 Å². The number of nitrogens with zero attached hydrogens (tertiary/aromatic N) is 2. The zero-order valence-electron chi connectivity index (χ0n) is 16.2. The van der Waals surface area contributed by atoms with Crippen LogP contribution in [0.4, 0.5) is 0 Å². The fraction of sp³-hybridized carbons (Fsp3) is 0.381. The van der Waals surface area contributed by atoms with Crippen LogP contribution in [-0.2, 0) is 6.42 Å². The van der Waals surface area contributed by atoms with Gasteiger partial charge in [0.05, 0.1) is 28.6 Å². The molecule has 0 saturated heterocycles. The monoisotopic (exact) mass is 382 g/mol. The van der Waals surface area contributed by atoms with Crippen molar-refractivity contribution in [2.45, 2.75) is 46.6 Å². The number of amides is 1. The summed E-state index contributed by atoms with van der Waals surface area (Å²) in [5, 5.41) is 4.13. The van der Waals surface area contributed by atoms with E-state index in [9.17, 15) is 4.79 Å². The lowest BCUT2D eigenvalue weighted by Gasteiger charge is -2.14. The molecule has 2 N–H and O–H groups in total. The summed E-state index contributed by atoms with van der Waals surface area (Å²) in [5.41, 5.74) is 2.83. The molecule has 0 aliphatic heterocycles. The van der Waals surface area contributed by atoms with E-state index in [2.05, 4.69) is 34.1 Å². The summed E-state index contributed by atoms with van der Waals surface area (Å²) in [5.74, 6) is 1.22. The van der Waals surface area contributed by atoms with E-state index in [0.717, 1.165) is 40.6 Å². The van der Waals surface area contributed by atoms with Crippen molar-refractivity contribution < 1.29 is 4.79 Å². The summed E-state index contributed by atoms with van der Waals surface area (Å²) < 4.78 is 0. The second kappa shape index (κ2) is 8.48. The molecule has 2 heterocycles. The minimum atomic E-state index is -0.162. The summed E-state index contributed by atoms with van der Waals surface area (Å²) in [6.45, 7) is 8.26. The number of H-pyrrole nitrogens is 1. The van der Waals surface area contributed by atoms with Crippen molar-refractivity contribution in [1.82, 2.24) is 20.3 Å². The molecule has 5 nitrogen and oxygen atoms in total. The third-order valence-corrected chi connectivity index (χ3v) is 5.53. The number of aromatic amines is 1. The largest absolute Gasteiger partial charge is 0.341 e. The fourth-order valence-corrected chi connectivity index (χ4v) is 4.15. The summed E-state index contributed by atoms with van der Waals surface area (Å²) in [7, 11) is 0. The zero-order valence-corrected chi connectivity index (χ0v) is 17.1. The Morgan fingerprint density at radius 3 is 2.67 bits per heavy atom. The van der Waals surface area contributed by atoms with Gasteiger partial charge in [-0.2, -0.15) is 0 Å². The molecular weight excluding hydrogens is 356 g/mol. The molecule has 0 saturated carbocycles. The number of carbonyl (C=O) groups excluding carboxylic acids is 1. The highest BCUT2D eigenvalue weighted by atomic mass is 32.1. The van der Waals surface area contributed by atoms with Crippen LogP contribution in [-0.4, -0.2) is 20.9 Å². The number of thiazole rings is 1. The first-order chi connectivity index (χ1) is 13.0. The van der Waals surface area contributed by atoms with E-state index in [0.29, 0.717) is 10.8 Å². The van der Waals surface area contributed by atoms with Gasteiger partial charge in [0.1, 0.15) is 10.7 Å². The molecule has 1 aromatic carbocycles. The molecular formula is C21H26N4OS. The highest BCUT2D eigenvalue weighted by Crippen LogP contribution is 2.24. The normalized spacial score (nSPS) is 12.3. The lowest BCUT2D eigenvalue weighted by Crippen LogP contribution is -2.28. The Hall–Kier alpha value is -2.47. The number of imidazole rings is 1. The number of hydrogen-bond acceptors (Lipinski definition) is 4. The minimum Gasteiger partial charge on any atom is -0.341 e. The van der Waals surface area contributed by atoms with Gasteiger partial charge in [-0.15, -0.1) is 11.3 Å². The van der Waals surface area contributed by atoms with Gasteiger partial charge >= 0.3 is 0 Å². The number of hydrogen-bond donors (Lipinski definition) is 2. The van der Waals surface area contributed by atoms with Gasteiger partial charge < -0.3 is 10.3 Å². The summed E-state index contributed by atoms with van der Waals surface area (Å²) in [6.07, 6.45) is 3.47. The van der Waals surface area contributed by atoms with Crippen LogP contribution in [0.5, 0.6) is 0 Å². The quantitative estimate of drug-likeness (QED) is 0.609. The molecule has 142 valence electrons. The number of nitrogens with one attached hydrogen (secondary N) is 2. The molecule has 0 radical (unpaired) electrons. The average Bonchev–Trinajstić information content (AvgIpc) is 3.27. The maximum absolute atomic E-state index is 12.8. The van der Waals surface area contributed by atoms with E-state index in [1.165, 1.54) is 11.3 Å². The molecule has 0 aliphatic carbocycles. The first-order valence-electron chi connectivity index (χ1n) is 9.35. The van der Waals surface area contributed by atoms with E-state index >= 15 is 0 Å². The highest BCUT2D eigenvalue weighted by molar-refractivity contribution is 7.13. The highest BCUT2D eigenvalue weighted by Gasteiger charge is 2.21. The Bertz CT molecular complexity index is 898. The van der Waals surface area contributed by atoms with Crippen LogP contribution in [0, 0.1) is 12.8 Å². The smallest absolute Gasteiger partial charge is 0.263 e. The van der Waals surface area contributed by atoms with Crippen molar-refractivity contribution in [2.75, 3.05) is 0 Å². The molecule has 3 aromatic rings. The zero-order chi connectivity index (χ0) is 19.4.